The highest BCUT2D eigenvalue weighted by molar-refractivity contribution is 7.55. The summed E-state index contributed by atoms with van der Waals surface area (Å²) in [5, 5.41) is 0. The molecule has 0 unspecified atom stereocenters. The third-order valence-corrected chi connectivity index (χ3v) is 6.94. The molecule has 0 amide bonds. The van der Waals surface area contributed by atoms with Gasteiger partial charge in [0, 0.05) is 0 Å². The fourth-order valence-corrected chi connectivity index (χ4v) is 5.29. The largest absolute Gasteiger partial charge is 0.434 e. The van der Waals surface area contributed by atoms with Crippen molar-refractivity contribution in [3.05, 3.63) is 102 Å². The van der Waals surface area contributed by atoms with Gasteiger partial charge in [-0.1, -0.05) is 104 Å². The average molecular weight is 449 g/mol. The van der Waals surface area contributed by atoms with Crippen LogP contribution in [-0.4, -0.2) is 6.16 Å². The summed E-state index contributed by atoms with van der Waals surface area (Å²) >= 11 is 0. The van der Waals surface area contributed by atoms with Gasteiger partial charge in [-0.3, -0.25) is 0 Å². The van der Waals surface area contributed by atoms with Crippen LogP contribution in [0.25, 0.3) is 6.08 Å². The lowest BCUT2D eigenvalue weighted by atomic mass is 10.0. The summed E-state index contributed by atoms with van der Waals surface area (Å²) in [4.78, 5) is 0. The van der Waals surface area contributed by atoms with E-state index in [4.69, 9.17) is 9.05 Å². The van der Waals surface area contributed by atoms with Crippen molar-refractivity contribution in [1.82, 2.24) is 0 Å². The molecule has 0 saturated heterocycles. The number of benzene rings is 3. The van der Waals surface area contributed by atoms with Crippen molar-refractivity contribution in [2.24, 2.45) is 0 Å². The normalized spacial score (nSPS) is 11.9. The SMILES string of the molecule is CCCCCC/C(=C\c1ccc(C)cc1)CP(=O)(Oc1ccccc1)Oc1ccccc1. The first-order valence-corrected chi connectivity index (χ1v) is 13.1. The van der Waals surface area contributed by atoms with Gasteiger partial charge < -0.3 is 9.05 Å². The molecule has 168 valence electrons. The monoisotopic (exact) mass is 448 g/mol. The van der Waals surface area contributed by atoms with E-state index in [1.54, 1.807) is 0 Å². The Labute approximate surface area is 192 Å². The Morgan fingerprint density at radius 2 is 1.34 bits per heavy atom. The summed E-state index contributed by atoms with van der Waals surface area (Å²) in [7, 11) is -3.49. The number of unbranched alkanes of at least 4 members (excludes halogenated alkanes) is 3. The van der Waals surface area contributed by atoms with Gasteiger partial charge in [-0.2, -0.15) is 0 Å². The molecule has 3 nitrogen and oxygen atoms in total. The molecular formula is C28H33O3P. The van der Waals surface area contributed by atoms with E-state index in [0.29, 0.717) is 11.5 Å². The van der Waals surface area contributed by atoms with Crippen LogP contribution in [0.1, 0.15) is 50.2 Å². The Morgan fingerprint density at radius 3 is 1.88 bits per heavy atom. The van der Waals surface area contributed by atoms with E-state index in [1.165, 1.54) is 18.4 Å². The third-order valence-electron chi connectivity index (χ3n) is 5.17. The second-order valence-corrected chi connectivity index (χ2v) is 10.0. The standard InChI is InChI=1S/C28H33O3P/c1-3-4-5-8-13-26(22-25-20-18-24(2)19-21-25)23-32(29,30-27-14-9-6-10-15-27)31-28-16-11-7-12-17-28/h6-7,9-12,14-22H,3-5,8,13,23H2,1-2H3/b26-22+. The number of allylic oxidation sites excluding steroid dienone is 1. The zero-order valence-electron chi connectivity index (χ0n) is 19.1. The van der Waals surface area contributed by atoms with Crippen LogP contribution in [-0.2, 0) is 4.57 Å². The van der Waals surface area contributed by atoms with Gasteiger partial charge in [-0.15, -0.1) is 0 Å². The summed E-state index contributed by atoms with van der Waals surface area (Å²) in [6, 6.07) is 26.9. The van der Waals surface area contributed by atoms with Gasteiger partial charge >= 0.3 is 7.60 Å². The fourth-order valence-electron chi connectivity index (χ4n) is 3.49. The minimum atomic E-state index is -3.49. The predicted octanol–water partition coefficient (Wildman–Crippen LogP) is 8.70. The van der Waals surface area contributed by atoms with Gasteiger partial charge in [0.1, 0.15) is 11.5 Å². The number of rotatable bonds is 12. The first-order valence-electron chi connectivity index (χ1n) is 11.4. The average Bonchev–Trinajstić information content (AvgIpc) is 2.79. The van der Waals surface area contributed by atoms with Crippen LogP contribution in [0.2, 0.25) is 0 Å². The lowest BCUT2D eigenvalue weighted by Crippen LogP contribution is -2.07. The molecule has 0 aliphatic heterocycles. The molecule has 3 aromatic carbocycles. The first-order chi connectivity index (χ1) is 15.6. The Morgan fingerprint density at radius 1 is 0.781 bits per heavy atom. The van der Waals surface area contributed by atoms with Crippen LogP contribution in [0.5, 0.6) is 11.5 Å². The zero-order valence-corrected chi connectivity index (χ0v) is 20.0. The number of para-hydroxylation sites is 2. The quantitative estimate of drug-likeness (QED) is 0.205. The Bertz CT molecular complexity index is 966. The van der Waals surface area contributed by atoms with Crippen LogP contribution in [0.4, 0.5) is 0 Å². The van der Waals surface area contributed by atoms with Crippen LogP contribution < -0.4 is 9.05 Å². The maximum Gasteiger partial charge on any atom is 0.434 e. The van der Waals surface area contributed by atoms with Crippen molar-refractivity contribution >= 4 is 13.7 Å². The molecule has 0 aromatic heterocycles. The van der Waals surface area contributed by atoms with Crippen molar-refractivity contribution in [1.29, 1.82) is 0 Å². The summed E-state index contributed by atoms with van der Waals surface area (Å²) < 4.78 is 26.0. The second-order valence-electron chi connectivity index (χ2n) is 8.10. The number of hydrogen-bond acceptors (Lipinski definition) is 3. The molecule has 0 aliphatic rings. The molecular weight excluding hydrogens is 415 g/mol. The van der Waals surface area contributed by atoms with E-state index in [1.807, 2.05) is 60.7 Å². The van der Waals surface area contributed by atoms with Gasteiger partial charge in [0.15, 0.2) is 0 Å². The van der Waals surface area contributed by atoms with Crippen molar-refractivity contribution in [2.75, 3.05) is 6.16 Å². The summed E-state index contributed by atoms with van der Waals surface area (Å²) in [5.74, 6) is 1.10. The van der Waals surface area contributed by atoms with Crippen LogP contribution >= 0.6 is 7.60 Å². The van der Waals surface area contributed by atoms with Gasteiger partial charge in [0.05, 0.1) is 6.16 Å². The summed E-state index contributed by atoms with van der Waals surface area (Å²) in [6.45, 7) is 4.29. The lowest BCUT2D eigenvalue weighted by molar-refractivity contribution is 0.388. The van der Waals surface area contributed by atoms with E-state index in [9.17, 15) is 4.57 Å². The maximum atomic E-state index is 14.0. The molecule has 0 fully saturated rings. The van der Waals surface area contributed by atoms with Gasteiger partial charge in [0.25, 0.3) is 0 Å². The van der Waals surface area contributed by atoms with Gasteiger partial charge in [-0.05, 0) is 49.6 Å². The predicted molar refractivity (Wildman–Crippen MR) is 135 cm³/mol. The Balaban J connectivity index is 1.88. The molecule has 0 bridgehead atoms. The van der Waals surface area contributed by atoms with Crippen LogP contribution in [0, 0.1) is 6.92 Å². The topological polar surface area (TPSA) is 35.5 Å². The Hall–Kier alpha value is -2.77. The van der Waals surface area contributed by atoms with Crippen molar-refractivity contribution in [2.45, 2.75) is 46.0 Å². The highest BCUT2D eigenvalue weighted by atomic mass is 31.2. The van der Waals surface area contributed by atoms with Crippen molar-refractivity contribution < 1.29 is 13.6 Å². The molecule has 3 aromatic rings. The van der Waals surface area contributed by atoms with Crippen LogP contribution in [0.3, 0.4) is 0 Å². The van der Waals surface area contributed by atoms with Crippen LogP contribution in [0.15, 0.2) is 90.5 Å². The van der Waals surface area contributed by atoms with Gasteiger partial charge in [0.2, 0.25) is 0 Å². The third kappa shape index (κ3) is 8.05. The van der Waals surface area contributed by atoms with E-state index in [0.717, 1.165) is 30.4 Å². The first kappa shape index (κ1) is 23.9. The number of hydrogen-bond donors (Lipinski definition) is 0. The highest BCUT2D eigenvalue weighted by Gasteiger charge is 2.30. The van der Waals surface area contributed by atoms with E-state index in [-0.39, 0.29) is 6.16 Å². The molecule has 0 radical (unpaired) electrons. The summed E-state index contributed by atoms with van der Waals surface area (Å²) in [6.07, 6.45) is 7.86. The van der Waals surface area contributed by atoms with Crippen molar-refractivity contribution in [3.63, 3.8) is 0 Å². The lowest BCUT2D eigenvalue weighted by Gasteiger charge is -2.21. The minimum absolute atomic E-state index is 0.247. The summed E-state index contributed by atoms with van der Waals surface area (Å²) in [5.41, 5.74) is 3.41. The molecule has 4 heteroatoms. The van der Waals surface area contributed by atoms with E-state index < -0.39 is 7.60 Å². The Kier molecular flexibility index (Phi) is 9.19. The van der Waals surface area contributed by atoms with E-state index >= 15 is 0 Å². The molecule has 0 heterocycles. The minimum Gasteiger partial charge on any atom is -0.416 e. The molecule has 32 heavy (non-hydrogen) atoms. The molecule has 0 saturated carbocycles. The van der Waals surface area contributed by atoms with Crippen molar-refractivity contribution in [3.8, 4) is 11.5 Å². The zero-order chi connectivity index (χ0) is 22.7. The molecule has 3 rings (SSSR count). The molecule has 0 N–H and O–H groups in total. The second kappa shape index (κ2) is 12.3. The highest BCUT2D eigenvalue weighted by Crippen LogP contribution is 2.50. The number of aryl methyl sites for hydroxylation is 1. The smallest absolute Gasteiger partial charge is 0.416 e. The molecule has 0 aliphatic carbocycles. The van der Waals surface area contributed by atoms with E-state index in [2.05, 4.69) is 44.2 Å². The van der Waals surface area contributed by atoms with Gasteiger partial charge in [-0.25, -0.2) is 4.57 Å². The molecule has 0 atom stereocenters. The maximum absolute atomic E-state index is 14.0. The fraction of sp³-hybridized carbons (Fsp3) is 0.286. The molecule has 0 spiro atoms.